The van der Waals surface area contributed by atoms with E-state index in [-0.39, 0.29) is 12.4 Å². The van der Waals surface area contributed by atoms with Crippen LogP contribution >= 0.6 is 0 Å². The van der Waals surface area contributed by atoms with Gasteiger partial charge in [0.25, 0.3) is 0 Å². The maximum Gasteiger partial charge on any atom is 0.160 e. The monoisotopic (exact) mass is 111 g/mol. The zero-order valence-corrected chi connectivity index (χ0v) is 4.13. The van der Waals surface area contributed by atoms with E-state index in [0.717, 1.165) is 0 Å². The summed E-state index contributed by atoms with van der Waals surface area (Å²) in [6, 6.07) is 0. The molecule has 0 bridgehead atoms. The smallest absolute Gasteiger partial charge is 0.160 e. The normalized spacial score (nSPS) is 6.33. The van der Waals surface area contributed by atoms with Crippen LogP contribution in [-0.2, 0) is 4.79 Å². The first kappa shape index (κ1) is 9.31. The van der Waals surface area contributed by atoms with Crippen molar-refractivity contribution >= 4 is 5.78 Å². The molecule has 0 radical (unpaired) electrons. The number of carbonyl (C=O) groups is 1. The zero-order valence-electron chi connectivity index (χ0n) is 3.37. The predicted octanol–water partition coefficient (Wildman–Crippen LogP) is -2.45. The van der Waals surface area contributed by atoms with Gasteiger partial charge in [0.05, 0.1) is 0 Å². The third-order valence-electron chi connectivity index (χ3n) is 0.188. The third-order valence-corrected chi connectivity index (χ3v) is 0.188. The molecule has 38 valence electrons. The molecule has 0 aliphatic heterocycles. The van der Waals surface area contributed by atoms with Gasteiger partial charge in [0, 0.05) is 0 Å². The minimum Gasteiger partial charge on any atom is -1.00 e. The molecule has 0 amide bonds. The SMILES string of the molecule is CC(=O)CF.[Cl-]. The van der Waals surface area contributed by atoms with Crippen LogP contribution in [0.3, 0.4) is 0 Å². The van der Waals surface area contributed by atoms with Crippen molar-refractivity contribution in [3.8, 4) is 0 Å². The van der Waals surface area contributed by atoms with Gasteiger partial charge in [-0.05, 0) is 6.92 Å². The molecular weight excluding hydrogens is 106 g/mol. The van der Waals surface area contributed by atoms with E-state index in [9.17, 15) is 9.18 Å². The molecule has 0 spiro atoms. The summed E-state index contributed by atoms with van der Waals surface area (Å²) in [6.45, 7) is 0.375. The van der Waals surface area contributed by atoms with Crippen molar-refractivity contribution in [2.45, 2.75) is 6.92 Å². The van der Waals surface area contributed by atoms with Crippen molar-refractivity contribution in [3.63, 3.8) is 0 Å². The molecule has 0 aliphatic rings. The van der Waals surface area contributed by atoms with Gasteiger partial charge < -0.3 is 12.4 Å². The molecule has 0 rings (SSSR count). The number of carbonyl (C=O) groups excluding carboxylic acids is 1. The molecule has 1 nitrogen and oxygen atoms in total. The lowest BCUT2D eigenvalue weighted by Crippen LogP contribution is -3.00. The topological polar surface area (TPSA) is 17.1 Å². The minimum absolute atomic E-state index is 0. The van der Waals surface area contributed by atoms with E-state index in [1.807, 2.05) is 0 Å². The van der Waals surface area contributed by atoms with Gasteiger partial charge in [-0.3, -0.25) is 4.79 Å². The highest BCUT2D eigenvalue weighted by molar-refractivity contribution is 5.76. The fourth-order valence-electron chi connectivity index (χ4n) is 0. The van der Waals surface area contributed by atoms with Crippen LogP contribution in [0.4, 0.5) is 4.39 Å². The van der Waals surface area contributed by atoms with Gasteiger partial charge >= 0.3 is 0 Å². The summed E-state index contributed by atoms with van der Waals surface area (Å²) < 4.78 is 10.8. The van der Waals surface area contributed by atoms with E-state index in [0.29, 0.717) is 0 Å². The zero-order chi connectivity index (χ0) is 4.28. The Morgan fingerprint density at radius 1 is 1.83 bits per heavy atom. The highest BCUT2D eigenvalue weighted by Crippen LogP contribution is 1.64. The summed E-state index contributed by atoms with van der Waals surface area (Å²) in [5.74, 6) is -0.412. The third kappa shape index (κ3) is 9.10. The summed E-state index contributed by atoms with van der Waals surface area (Å²) in [5, 5.41) is 0. The van der Waals surface area contributed by atoms with E-state index in [4.69, 9.17) is 0 Å². The largest absolute Gasteiger partial charge is 1.00 e. The van der Waals surface area contributed by atoms with Crippen molar-refractivity contribution in [2.24, 2.45) is 0 Å². The molecule has 0 saturated heterocycles. The Balaban J connectivity index is 0. The summed E-state index contributed by atoms with van der Waals surface area (Å²) in [6.07, 6.45) is 0. The minimum atomic E-state index is -0.833. The number of hydrogen-bond acceptors (Lipinski definition) is 1. The lowest BCUT2D eigenvalue weighted by molar-refractivity contribution is -0.117. The van der Waals surface area contributed by atoms with E-state index < -0.39 is 12.5 Å². The fraction of sp³-hybridized carbons (Fsp3) is 0.667. The molecule has 0 heterocycles. The molecule has 0 aromatic carbocycles. The molecule has 0 unspecified atom stereocenters. The number of halogens is 2. The summed E-state index contributed by atoms with van der Waals surface area (Å²) in [5.41, 5.74) is 0. The number of rotatable bonds is 1. The molecule has 0 atom stereocenters. The van der Waals surface area contributed by atoms with Gasteiger partial charge in [-0.1, -0.05) is 0 Å². The Morgan fingerprint density at radius 3 is 2.00 bits per heavy atom. The van der Waals surface area contributed by atoms with Crippen molar-refractivity contribution in [2.75, 3.05) is 6.67 Å². The van der Waals surface area contributed by atoms with Gasteiger partial charge in [0.2, 0.25) is 0 Å². The standard InChI is InChI=1S/C3H5FO.ClH/c1-3(5)2-4;/h2H2,1H3;1H/p-1. The Morgan fingerprint density at radius 2 is 2.00 bits per heavy atom. The van der Waals surface area contributed by atoms with Crippen molar-refractivity contribution in [1.29, 1.82) is 0 Å². The predicted molar refractivity (Wildman–Crippen MR) is 16.7 cm³/mol. The number of hydrogen-bond donors (Lipinski definition) is 0. The second kappa shape index (κ2) is 4.89. The maximum atomic E-state index is 10.8. The highest BCUT2D eigenvalue weighted by Gasteiger charge is 1.81. The highest BCUT2D eigenvalue weighted by atomic mass is 35.5. The van der Waals surface area contributed by atoms with Gasteiger partial charge in [-0.15, -0.1) is 0 Å². The molecule has 0 aromatic heterocycles. The van der Waals surface area contributed by atoms with Crippen LogP contribution in [0.25, 0.3) is 0 Å². The summed E-state index contributed by atoms with van der Waals surface area (Å²) >= 11 is 0. The van der Waals surface area contributed by atoms with Crippen molar-refractivity contribution in [3.05, 3.63) is 0 Å². The lowest BCUT2D eigenvalue weighted by atomic mass is 10.5. The second-order valence-corrected chi connectivity index (χ2v) is 0.836. The quantitative estimate of drug-likeness (QED) is 0.367. The average Bonchev–Trinajstić information content (AvgIpc) is 1.38. The van der Waals surface area contributed by atoms with E-state index in [1.165, 1.54) is 6.92 Å². The number of Topliss-reactive ketones (excluding diaryl/α,β-unsaturated/α-hetero) is 1. The van der Waals surface area contributed by atoms with Gasteiger partial charge in [-0.2, -0.15) is 0 Å². The number of ketones is 1. The molecule has 0 aromatic rings. The lowest BCUT2D eigenvalue weighted by Gasteiger charge is -1.68. The number of alkyl halides is 1. The van der Waals surface area contributed by atoms with Crippen LogP contribution in [-0.4, -0.2) is 12.5 Å². The van der Waals surface area contributed by atoms with Crippen LogP contribution < -0.4 is 12.4 Å². The van der Waals surface area contributed by atoms with Crippen molar-refractivity contribution in [1.82, 2.24) is 0 Å². The molecule has 6 heavy (non-hydrogen) atoms. The average molecular weight is 112 g/mol. The van der Waals surface area contributed by atoms with Crippen LogP contribution in [0.1, 0.15) is 6.92 Å². The molecule has 0 aliphatic carbocycles. The Kier molecular flexibility index (Phi) is 7.59. The van der Waals surface area contributed by atoms with Crippen LogP contribution in [0.2, 0.25) is 0 Å². The Hall–Kier alpha value is -0.110. The van der Waals surface area contributed by atoms with Gasteiger partial charge in [0.15, 0.2) is 5.78 Å². The molecule has 0 N–H and O–H groups in total. The van der Waals surface area contributed by atoms with Crippen LogP contribution in [0, 0.1) is 0 Å². The van der Waals surface area contributed by atoms with E-state index >= 15 is 0 Å². The van der Waals surface area contributed by atoms with Crippen LogP contribution in [0.15, 0.2) is 0 Å². The van der Waals surface area contributed by atoms with E-state index in [2.05, 4.69) is 0 Å². The second-order valence-electron chi connectivity index (χ2n) is 0.836. The van der Waals surface area contributed by atoms with Gasteiger partial charge in [0.1, 0.15) is 6.67 Å². The Labute approximate surface area is 41.9 Å². The van der Waals surface area contributed by atoms with Crippen LogP contribution in [0.5, 0.6) is 0 Å². The molecule has 3 heteroatoms. The first-order valence-electron chi connectivity index (χ1n) is 1.32. The maximum absolute atomic E-state index is 10.8. The summed E-state index contributed by atoms with van der Waals surface area (Å²) in [4.78, 5) is 9.44. The molecular formula is C3H5ClFO-. The Bertz CT molecular complexity index is 46.1. The first-order chi connectivity index (χ1) is 2.27. The molecule has 0 saturated carbocycles. The fourth-order valence-corrected chi connectivity index (χ4v) is 0. The molecule has 0 fully saturated rings. The summed E-state index contributed by atoms with van der Waals surface area (Å²) in [7, 11) is 0. The first-order valence-corrected chi connectivity index (χ1v) is 1.32. The van der Waals surface area contributed by atoms with E-state index in [1.54, 1.807) is 0 Å². The van der Waals surface area contributed by atoms with Gasteiger partial charge in [-0.25, -0.2) is 4.39 Å². The van der Waals surface area contributed by atoms with Crippen molar-refractivity contribution < 1.29 is 21.6 Å².